The predicted octanol–water partition coefficient (Wildman–Crippen LogP) is 1.92. The van der Waals surface area contributed by atoms with E-state index in [9.17, 15) is 0 Å². The minimum absolute atomic E-state index is 0.734. The highest BCUT2D eigenvalue weighted by Crippen LogP contribution is 2.27. The Bertz CT molecular complexity index is 564. The molecule has 0 unspecified atom stereocenters. The van der Waals surface area contributed by atoms with Crippen LogP contribution in [0.25, 0.3) is 5.69 Å². The van der Waals surface area contributed by atoms with Crippen molar-refractivity contribution < 1.29 is 9.47 Å². The Morgan fingerprint density at radius 2 is 2.05 bits per heavy atom. The summed E-state index contributed by atoms with van der Waals surface area (Å²) in [4.78, 5) is 0. The maximum Gasteiger partial charge on any atom is 0.148 e. The lowest BCUT2D eigenvalue weighted by Crippen LogP contribution is -2.05. The molecule has 5 nitrogen and oxygen atoms in total. The van der Waals surface area contributed by atoms with Gasteiger partial charge in [-0.1, -0.05) is 0 Å². The van der Waals surface area contributed by atoms with Crippen molar-refractivity contribution in [2.45, 2.75) is 13.5 Å². The van der Waals surface area contributed by atoms with Crippen molar-refractivity contribution in [3.63, 3.8) is 0 Å². The van der Waals surface area contributed by atoms with E-state index in [2.05, 4.69) is 10.4 Å². The highest BCUT2D eigenvalue weighted by molar-refractivity contribution is 5.50. The Morgan fingerprint density at radius 1 is 1.26 bits per heavy atom. The summed E-state index contributed by atoms with van der Waals surface area (Å²) in [5.74, 6) is 1.50. The summed E-state index contributed by atoms with van der Waals surface area (Å²) in [7, 11) is 5.20. The first kappa shape index (κ1) is 13.4. The molecule has 0 aliphatic heterocycles. The van der Waals surface area contributed by atoms with Gasteiger partial charge in [0.15, 0.2) is 0 Å². The summed E-state index contributed by atoms with van der Waals surface area (Å²) in [6.07, 6.45) is 2.01. The fraction of sp³-hybridized carbons (Fsp3) is 0.357. The first-order chi connectivity index (χ1) is 9.19. The molecule has 0 amide bonds. The SMILES string of the molecule is CNCc1cn(-c2ccc(OC)cc2OC)nc1C. The second kappa shape index (κ2) is 5.75. The minimum Gasteiger partial charge on any atom is -0.497 e. The van der Waals surface area contributed by atoms with Crippen molar-refractivity contribution in [2.24, 2.45) is 0 Å². The fourth-order valence-corrected chi connectivity index (χ4v) is 1.96. The van der Waals surface area contributed by atoms with Crippen LogP contribution in [0.1, 0.15) is 11.3 Å². The summed E-state index contributed by atoms with van der Waals surface area (Å²) >= 11 is 0. The topological polar surface area (TPSA) is 48.3 Å². The third-order valence-corrected chi connectivity index (χ3v) is 3.00. The summed E-state index contributed by atoms with van der Waals surface area (Å²) in [5, 5.41) is 7.65. The van der Waals surface area contributed by atoms with Gasteiger partial charge in [-0.05, 0) is 26.1 Å². The van der Waals surface area contributed by atoms with Crippen molar-refractivity contribution in [1.82, 2.24) is 15.1 Å². The lowest BCUT2D eigenvalue weighted by atomic mass is 10.2. The van der Waals surface area contributed by atoms with E-state index in [1.165, 1.54) is 5.56 Å². The lowest BCUT2D eigenvalue weighted by molar-refractivity contribution is 0.392. The zero-order valence-corrected chi connectivity index (χ0v) is 11.7. The van der Waals surface area contributed by atoms with Gasteiger partial charge in [0.1, 0.15) is 17.2 Å². The van der Waals surface area contributed by atoms with Crippen LogP contribution in [0, 0.1) is 6.92 Å². The molecule has 0 spiro atoms. The van der Waals surface area contributed by atoms with Gasteiger partial charge in [0, 0.05) is 24.4 Å². The summed E-state index contributed by atoms with van der Waals surface area (Å²) in [6, 6.07) is 5.68. The van der Waals surface area contributed by atoms with Crippen LogP contribution in [-0.4, -0.2) is 31.0 Å². The van der Waals surface area contributed by atoms with Gasteiger partial charge in [0.05, 0.1) is 19.9 Å². The molecular weight excluding hydrogens is 242 g/mol. The lowest BCUT2D eigenvalue weighted by Gasteiger charge is -2.10. The second-order valence-electron chi connectivity index (χ2n) is 4.25. The van der Waals surface area contributed by atoms with E-state index in [4.69, 9.17) is 9.47 Å². The molecule has 1 aromatic heterocycles. The third kappa shape index (κ3) is 2.71. The van der Waals surface area contributed by atoms with Crippen molar-refractivity contribution in [1.29, 1.82) is 0 Å². The largest absolute Gasteiger partial charge is 0.497 e. The molecule has 5 heteroatoms. The van der Waals surface area contributed by atoms with Crippen LogP contribution < -0.4 is 14.8 Å². The van der Waals surface area contributed by atoms with Crippen molar-refractivity contribution in [2.75, 3.05) is 21.3 Å². The van der Waals surface area contributed by atoms with Crippen LogP contribution in [0.2, 0.25) is 0 Å². The molecular formula is C14H19N3O2. The molecule has 0 saturated heterocycles. The van der Waals surface area contributed by atoms with Crippen LogP contribution >= 0.6 is 0 Å². The van der Waals surface area contributed by atoms with Gasteiger partial charge in [0.25, 0.3) is 0 Å². The Morgan fingerprint density at radius 3 is 2.68 bits per heavy atom. The molecule has 102 valence electrons. The van der Waals surface area contributed by atoms with Crippen LogP contribution in [0.5, 0.6) is 11.5 Å². The Hall–Kier alpha value is -2.01. The number of hydrogen-bond acceptors (Lipinski definition) is 4. The van der Waals surface area contributed by atoms with Crippen molar-refractivity contribution >= 4 is 0 Å². The zero-order chi connectivity index (χ0) is 13.8. The first-order valence-corrected chi connectivity index (χ1v) is 6.11. The van der Waals surface area contributed by atoms with Gasteiger partial charge in [-0.3, -0.25) is 0 Å². The molecule has 2 rings (SSSR count). The minimum atomic E-state index is 0.734. The summed E-state index contributed by atoms with van der Waals surface area (Å²) in [6.45, 7) is 2.80. The Labute approximate surface area is 113 Å². The molecule has 0 atom stereocenters. The molecule has 0 saturated carbocycles. The van der Waals surface area contributed by atoms with Gasteiger partial charge in [0.2, 0.25) is 0 Å². The summed E-state index contributed by atoms with van der Waals surface area (Å²) in [5.41, 5.74) is 3.07. The summed E-state index contributed by atoms with van der Waals surface area (Å²) < 4.78 is 12.4. The van der Waals surface area contributed by atoms with Crippen LogP contribution in [0.15, 0.2) is 24.4 Å². The average molecular weight is 261 g/mol. The number of methoxy groups -OCH3 is 2. The quantitative estimate of drug-likeness (QED) is 0.893. The van der Waals surface area contributed by atoms with Crippen LogP contribution in [0.4, 0.5) is 0 Å². The number of aryl methyl sites for hydroxylation is 1. The maximum absolute atomic E-state index is 5.39. The predicted molar refractivity (Wildman–Crippen MR) is 74.2 cm³/mol. The molecule has 0 bridgehead atoms. The van der Waals surface area contributed by atoms with Crippen LogP contribution in [0.3, 0.4) is 0 Å². The first-order valence-electron chi connectivity index (χ1n) is 6.11. The number of aromatic nitrogens is 2. The van der Waals surface area contributed by atoms with Crippen molar-refractivity contribution in [3.8, 4) is 17.2 Å². The molecule has 19 heavy (non-hydrogen) atoms. The van der Waals surface area contributed by atoms with Gasteiger partial charge in [-0.2, -0.15) is 5.10 Å². The van der Waals surface area contributed by atoms with E-state index >= 15 is 0 Å². The number of nitrogens with one attached hydrogen (secondary N) is 1. The highest BCUT2D eigenvalue weighted by Gasteiger charge is 2.10. The Balaban J connectivity index is 2.43. The molecule has 1 N–H and O–H groups in total. The fourth-order valence-electron chi connectivity index (χ4n) is 1.96. The second-order valence-corrected chi connectivity index (χ2v) is 4.25. The molecule has 1 aromatic carbocycles. The number of hydrogen-bond donors (Lipinski definition) is 1. The van der Waals surface area contributed by atoms with Crippen molar-refractivity contribution in [3.05, 3.63) is 35.7 Å². The van der Waals surface area contributed by atoms with E-state index in [-0.39, 0.29) is 0 Å². The van der Waals surface area contributed by atoms with E-state index in [1.807, 2.05) is 43.0 Å². The van der Waals surface area contributed by atoms with Crippen LogP contribution in [-0.2, 0) is 6.54 Å². The molecule has 2 aromatic rings. The van der Waals surface area contributed by atoms with Gasteiger partial charge >= 0.3 is 0 Å². The monoisotopic (exact) mass is 261 g/mol. The number of benzene rings is 1. The highest BCUT2D eigenvalue weighted by atomic mass is 16.5. The van der Waals surface area contributed by atoms with Gasteiger partial charge < -0.3 is 14.8 Å². The normalized spacial score (nSPS) is 10.5. The van der Waals surface area contributed by atoms with E-state index < -0.39 is 0 Å². The molecule has 0 aliphatic carbocycles. The standard InChI is InChI=1S/C14H19N3O2/c1-10-11(8-15-2)9-17(16-10)13-6-5-12(18-3)7-14(13)19-4/h5-7,9,15H,8H2,1-4H3. The van der Waals surface area contributed by atoms with Gasteiger partial charge in [-0.25, -0.2) is 4.68 Å². The number of ether oxygens (including phenoxy) is 2. The van der Waals surface area contributed by atoms with E-state index in [1.54, 1.807) is 14.2 Å². The molecule has 1 heterocycles. The number of nitrogens with zero attached hydrogens (tertiary/aromatic N) is 2. The smallest absolute Gasteiger partial charge is 0.148 e. The van der Waals surface area contributed by atoms with Gasteiger partial charge in [-0.15, -0.1) is 0 Å². The molecule has 0 aliphatic rings. The third-order valence-electron chi connectivity index (χ3n) is 3.00. The van der Waals surface area contributed by atoms with E-state index in [0.717, 1.165) is 29.4 Å². The molecule has 0 radical (unpaired) electrons. The molecule has 0 fully saturated rings. The average Bonchev–Trinajstić information content (AvgIpc) is 2.79. The van der Waals surface area contributed by atoms with E-state index in [0.29, 0.717) is 0 Å². The number of rotatable bonds is 5. The zero-order valence-electron chi connectivity index (χ0n) is 11.7. The maximum atomic E-state index is 5.39. The Kier molecular flexibility index (Phi) is 4.06.